The van der Waals surface area contributed by atoms with Crippen molar-refractivity contribution in [2.45, 2.75) is 24.0 Å². The minimum absolute atomic E-state index is 0.0921. The van der Waals surface area contributed by atoms with Gasteiger partial charge in [-0.2, -0.15) is 17.9 Å². The second kappa shape index (κ2) is 5.55. The Morgan fingerprint density at radius 2 is 1.89 bits per heavy atom. The number of hydrogen-bond acceptors (Lipinski definition) is 2. The molecule has 0 amide bonds. The van der Waals surface area contributed by atoms with E-state index in [9.17, 15) is 26.0 Å². The van der Waals surface area contributed by atoms with Crippen LogP contribution in [0.3, 0.4) is 0 Å². The molecule has 0 bridgehead atoms. The average Bonchev–Trinajstić information content (AvgIpc) is 2.23. The summed E-state index contributed by atoms with van der Waals surface area (Å²) in [6, 6.07) is -0.408. The molecule has 19 heavy (non-hydrogen) atoms. The Balaban J connectivity index is 3.19. The van der Waals surface area contributed by atoms with Crippen LogP contribution < -0.4 is 4.72 Å². The Morgan fingerprint density at radius 3 is 2.37 bits per heavy atom. The zero-order valence-electron chi connectivity index (χ0n) is 9.22. The van der Waals surface area contributed by atoms with Crippen LogP contribution in [0.25, 0.3) is 0 Å². The first kappa shape index (κ1) is 16.7. The lowest BCUT2D eigenvalue weighted by Gasteiger charge is -2.17. The smallest absolute Gasteiger partial charge is 0.207 e. The molecule has 0 saturated carbocycles. The molecule has 0 aliphatic heterocycles. The van der Waals surface area contributed by atoms with E-state index in [0.29, 0.717) is 6.92 Å². The monoisotopic (exact) mass is 383 g/mol. The second-order valence-corrected chi connectivity index (χ2v) is 6.47. The second-order valence-electron chi connectivity index (χ2n) is 3.56. The highest BCUT2D eigenvalue weighted by Crippen LogP contribution is 2.30. The van der Waals surface area contributed by atoms with Gasteiger partial charge in [-0.1, -0.05) is 11.6 Å². The maximum absolute atomic E-state index is 13.6. The summed E-state index contributed by atoms with van der Waals surface area (Å²) in [5, 5.41) is -0.525. The number of sulfonamides is 1. The van der Waals surface area contributed by atoms with Gasteiger partial charge in [0, 0.05) is 4.47 Å². The number of hydrogen-bond donors (Lipinski definition) is 1. The molecule has 10 heteroatoms. The lowest BCUT2D eigenvalue weighted by Crippen LogP contribution is -2.43. The molecule has 0 aliphatic carbocycles. The van der Waals surface area contributed by atoms with Crippen molar-refractivity contribution in [3.63, 3.8) is 0 Å². The summed E-state index contributed by atoms with van der Waals surface area (Å²) in [5.41, 5.74) is 0. The van der Waals surface area contributed by atoms with Crippen LogP contribution in [0.15, 0.2) is 21.5 Å². The summed E-state index contributed by atoms with van der Waals surface area (Å²) < 4.78 is 75.2. The Hall–Kier alpha value is -0.380. The normalized spacial score (nSPS) is 14.5. The predicted molar refractivity (Wildman–Crippen MR) is 64.9 cm³/mol. The van der Waals surface area contributed by atoms with Crippen molar-refractivity contribution in [2.24, 2.45) is 0 Å². The van der Waals surface area contributed by atoms with E-state index < -0.39 is 38.0 Å². The number of alkyl halides is 3. The van der Waals surface area contributed by atoms with Crippen molar-refractivity contribution in [3.8, 4) is 0 Å². The van der Waals surface area contributed by atoms with Crippen LogP contribution in [0, 0.1) is 5.82 Å². The molecular formula is C9H7BrClF4NO2S. The molecule has 3 nitrogen and oxygen atoms in total. The number of nitrogens with one attached hydrogen (secondary N) is 1. The molecule has 1 N–H and O–H groups in total. The maximum atomic E-state index is 13.6. The van der Waals surface area contributed by atoms with Gasteiger partial charge in [-0.05, 0) is 35.0 Å². The Kier molecular flexibility index (Phi) is 4.87. The van der Waals surface area contributed by atoms with Gasteiger partial charge in [-0.15, -0.1) is 0 Å². The first-order valence-electron chi connectivity index (χ1n) is 4.69. The van der Waals surface area contributed by atoms with Crippen LogP contribution in [0.1, 0.15) is 6.92 Å². The molecule has 1 rings (SSSR count). The van der Waals surface area contributed by atoms with Crippen LogP contribution >= 0.6 is 27.5 Å². The fourth-order valence-electron chi connectivity index (χ4n) is 1.08. The number of halogens is 6. The van der Waals surface area contributed by atoms with Crippen molar-refractivity contribution < 1.29 is 26.0 Å². The standard InChI is InChI=1S/C9H7BrClF4NO2S/c1-4(9(13,14)15)16-19(17,18)6-3-2-5(10)7(11)8(6)12/h2-4,16H,1H3. The highest BCUT2D eigenvalue weighted by molar-refractivity contribution is 9.10. The van der Waals surface area contributed by atoms with Crippen LogP contribution in [0.4, 0.5) is 17.6 Å². The quantitative estimate of drug-likeness (QED) is 0.641. The minimum Gasteiger partial charge on any atom is -0.207 e. The van der Waals surface area contributed by atoms with E-state index in [1.165, 1.54) is 4.72 Å². The summed E-state index contributed by atoms with van der Waals surface area (Å²) in [4.78, 5) is -0.947. The van der Waals surface area contributed by atoms with Crippen molar-refractivity contribution in [3.05, 3.63) is 27.4 Å². The predicted octanol–water partition coefficient (Wildman–Crippen LogP) is 3.47. The van der Waals surface area contributed by atoms with Crippen LogP contribution in [0.2, 0.25) is 5.02 Å². The molecule has 1 aromatic rings. The van der Waals surface area contributed by atoms with Gasteiger partial charge in [0.1, 0.15) is 10.9 Å². The van der Waals surface area contributed by atoms with E-state index in [1.807, 2.05) is 0 Å². The summed E-state index contributed by atoms with van der Waals surface area (Å²) >= 11 is 8.34. The molecule has 0 heterocycles. The molecule has 0 spiro atoms. The van der Waals surface area contributed by atoms with E-state index in [0.717, 1.165) is 12.1 Å². The molecule has 108 valence electrons. The molecule has 0 saturated heterocycles. The lowest BCUT2D eigenvalue weighted by molar-refractivity contribution is -0.147. The first-order chi connectivity index (χ1) is 8.47. The summed E-state index contributed by atoms with van der Waals surface area (Å²) in [6.45, 7) is 0.607. The molecule has 1 atom stereocenters. The van der Waals surface area contributed by atoms with Gasteiger partial charge in [-0.3, -0.25) is 0 Å². The van der Waals surface area contributed by atoms with Gasteiger partial charge in [0.2, 0.25) is 10.0 Å². The van der Waals surface area contributed by atoms with Crippen LogP contribution in [-0.2, 0) is 10.0 Å². The van der Waals surface area contributed by atoms with E-state index in [4.69, 9.17) is 11.6 Å². The SMILES string of the molecule is CC(NS(=O)(=O)c1ccc(Br)c(Cl)c1F)C(F)(F)F. The van der Waals surface area contributed by atoms with E-state index in [-0.39, 0.29) is 4.47 Å². The number of rotatable bonds is 3. The summed E-state index contributed by atoms with van der Waals surface area (Å²) in [5.74, 6) is -1.32. The lowest BCUT2D eigenvalue weighted by atomic mass is 10.3. The molecular weight excluding hydrogens is 378 g/mol. The summed E-state index contributed by atoms with van der Waals surface area (Å²) in [6.07, 6.45) is -4.78. The van der Waals surface area contributed by atoms with Gasteiger partial charge in [0.15, 0.2) is 5.82 Å². The average molecular weight is 385 g/mol. The maximum Gasteiger partial charge on any atom is 0.404 e. The summed E-state index contributed by atoms with van der Waals surface area (Å²) in [7, 11) is -4.66. The largest absolute Gasteiger partial charge is 0.404 e. The van der Waals surface area contributed by atoms with Gasteiger partial charge in [-0.25, -0.2) is 12.8 Å². The fraction of sp³-hybridized carbons (Fsp3) is 0.333. The van der Waals surface area contributed by atoms with Gasteiger partial charge < -0.3 is 0 Å². The van der Waals surface area contributed by atoms with Gasteiger partial charge >= 0.3 is 6.18 Å². The van der Waals surface area contributed by atoms with Crippen molar-refractivity contribution in [1.29, 1.82) is 0 Å². The Labute approximate surface area is 120 Å². The zero-order valence-corrected chi connectivity index (χ0v) is 12.4. The van der Waals surface area contributed by atoms with Crippen LogP contribution in [0.5, 0.6) is 0 Å². The molecule has 1 aromatic carbocycles. The molecule has 1 unspecified atom stereocenters. The van der Waals surface area contributed by atoms with Gasteiger partial charge in [0.25, 0.3) is 0 Å². The van der Waals surface area contributed by atoms with Gasteiger partial charge in [0.05, 0.1) is 5.02 Å². The minimum atomic E-state index is -4.78. The molecule has 0 aliphatic rings. The third kappa shape index (κ3) is 3.80. The topological polar surface area (TPSA) is 46.2 Å². The first-order valence-corrected chi connectivity index (χ1v) is 7.34. The van der Waals surface area contributed by atoms with Crippen molar-refractivity contribution in [1.82, 2.24) is 4.72 Å². The fourth-order valence-corrected chi connectivity index (χ4v) is 2.92. The third-order valence-corrected chi connectivity index (χ3v) is 4.93. The molecule has 0 fully saturated rings. The van der Waals surface area contributed by atoms with Crippen molar-refractivity contribution in [2.75, 3.05) is 0 Å². The van der Waals surface area contributed by atoms with Crippen LogP contribution in [-0.4, -0.2) is 20.6 Å². The Bertz CT molecular complexity index is 591. The molecule has 0 aromatic heterocycles. The third-order valence-electron chi connectivity index (χ3n) is 2.11. The highest BCUT2D eigenvalue weighted by Gasteiger charge is 2.39. The van der Waals surface area contributed by atoms with E-state index in [1.54, 1.807) is 0 Å². The van der Waals surface area contributed by atoms with E-state index in [2.05, 4.69) is 15.9 Å². The van der Waals surface area contributed by atoms with Crippen molar-refractivity contribution >= 4 is 37.6 Å². The number of benzene rings is 1. The molecule has 0 radical (unpaired) electrons. The Morgan fingerprint density at radius 1 is 1.37 bits per heavy atom. The van der Waals surface area contributed by atoms with E-state index >= 15 is 0 Å². The highest BCUT2D eigenvalue weighted by atomic mass is 79.9. The zero-order chi connectivity index (χ0) is 15.0.